The topological polar surface area (TPSA) is 57.6 Å². The van der Waals surface area contributed by atoms with E-state index in [1.54, 1.807) is 6.08 Å². The Balaban J connectivity index is 2.26. The highest BCUT2D eigenvalue weighted by Crippen LogP contribution is 2.35. The second kappa shape index (κ2) is 8.08. The van der Waals surface area contributed by atoms with Crippen molar-refractivity contribution in [3.8, 4) is 0 Å². The number of hydrogen-bond acceptors (Lipinski definition) is 4. The fourth-order valence-electron chi connectivity index (χ4n) is 2.26. The number of rotatable bonds is 6. The molecule has 1 aliphatic rings. The number of unbranched alkanes of at least 4 members (excludes halogenated alkanes) is 1. The van der Waals surface area contributed by atoms with E-state index in [0.717, 1.165) is 34.6 Å². The average molecular weight is 414 g/mol. The third kappa shape index (κ3) is 4.43. The zero-order valence-corrected chi connectivity index (χ0v) is 15.7. The standard InChI is InChI=1S/C16H16BrNO3S2/c1-2-3-7-12(15(20)21)18-14(19)13(23-16(18)22)9-10-5-4-6-11(17)8-10/h4-6,8-9,12H,2-3,7H2,1H3,(H,20,21)/b13-9-/t12-/m1/s1. The molecule has 0 aromatic heterocycles. The molecule has 1 atom stereocenters. The van der Waals surface area contributed by atoms with Crippen LogP contribution in [0.1, 0.15) is 31.7 Å². The molecule has 23 heavy (non-hydrogen) atoms. The summed E-state index contributed by atoms with van der Waals surface area (Å²) in [4.78, 5) is 25.8. The fourth-order valence-corrected chi connectivity index (χ4v) is 4.03. The summed E-state index contributed by atoms with van der Waals surface area (Å²) in [5.74, 6) is -1.35. The van der Waals surface area contributed by atoms with E-state index >= 15 is 0 Å². The third-order valence-electron chi connectivity index (χ3n) is 3.40. The monoisotopic (exact) mass is 413 g/mol. The molecule has 1 saturated heterocycles. The maximum Gasteiger partial charge on any atom is 0.326 e. The molecule has 0 saturated carbocycles. The summed E-state index contributed by atoms with van der Waals surface area (Å²) in [5, 5.41) is 9.42. The number of carboxylic acid groups (broad SMARTS) is 1. The van der Waals surface area contributed by atoms with Crippen LogP contribution in [0, 0.1) is 0 Å². The lowest BCUT2D eigenvalue weighted by atomic mass is 10.1. The smallest absolute Gasteiger partial charge is 0.326 e. The SMILES string of the molecule is CCCC[C@H](C(=O)O)N1C(=O)/C(=C/c2cccc(Br)c2)SC1=S. The number of carbonyl (C=O) groups is 2. The first-order valence-electron chi connectivity index (χ1n) is 7.19. The van der Waals surface area contributed by atoms with Crippen molar-refractivity contribution in [1.82, 2.24) is 4.90 Å². The molecule has 1 aliphatic heterocycles. The van der Waals surface area contributed by atoms with Gasteiger partial charge in [0.05, 0.1) is 4.91 Å². The molecule has 1 heterocycles. The Morgan fingerprint density at radius 3 is 2.87 bits per heavy atom. The van der Waals surface area contributed by atoms with E-state index in [1.807, 2.05) is 31.2 Å². The molecule has 0 spiro atoms. The van der Waals surface area contributed by atoms with Crippen LogP contribution in [-0.4, -0.2) is 32.2 Å². The first-order chi connectivity index (χ1) is 10.9. The Labute approximate surface area is 153 Å². The highest BCUT2D eigenvalue weighted by Gasteiger charge is 2.40. The highest BCUT2D eigenvalue weighted by atomic mass is 79.9. The molecule has 122 valence electrons. The number of aliphatic carboxylic acids is 1. The summed E-state index contributed by atoms with van der Waals surface area (Å²) in [5.41, 5.74) is 0.861. The molecule has 0 aliphatic carbocycles. The minimum Gasteiger partial charge on any atom is -0.480 e. The molecule has 2 rings (SSSR count). The normalized spacial score (nSPS) is 17.8. The lowest BCUT2D eigenvalue weighted by Crippen LogP contribution is -2.43. The van der Waals surface area contributed by atoms with Gasteiger partial charge in [0.2, 0.25) is 0 Å². The van der Waals surface area contributed by atoms with Gasteiger partial charge < -0.3 is 5.11 Å². The number of halogens is 1. The predicted molar refractivity (Wildman–Crippen MR) is 100 cm³/mol. The number of carbonyl (C=O) groups excluding carboxylic acids is 1. The van der Waals surface area contributed by atoms with E-state index in [4.69, 9.17) is 12.2 Å². The number of benzene rings is 1. The van der Waals surface area contributed by atoms with Gasteiger partial charge in [0.1, 0.15) is 10.4 Å². The van der Waals surface area contributed by atoms with Crippen molar-refractivity contribution in [2.75, 3.05) is 0 Å². The summed E-state index contributed by atoms with van der Waals surface area (Å²) in [7, 11) is 0. The molecule has 1 N–H and O–H groups in total. The summed E-state index contributed by atoms with van der Waals surface area (Å²) < 4.78 is 1.22. The minimum absolute atomic E-state index is 0.305. The Hall–Kier alpha value is -1.18. The maximum atomic E-state index is 12.6. The van der Waals surface area contributed by atoms with Crippen molar-refractivity contribution in [1.29, 1.82) is 0 Å². The molecule has 0 radical (unpaired) electrons. The number of thioether (sulfide) groups is 1. The lowest BCUT2D eigenvalue weighted by molar-refractivity contribution is -0.145. The molecule has 4 nitrogen and oxygen atoms in total. The van der Waals surface area contributed by atoms with Gasteiger partial charge in [-0.3, -0.25) is 9.69 Å². The third-order valence-corrected chi connectivity index (χ3v) is 5.22. The van der Waals surface area contributed by atoms with Gasteiger partial charge in [0.25, 0.3) is 5.91 Å². The molecule has 1 fully saturated rings. The van der Waals surface area contributed by atoms with Crippen LogP contribution in [0.2, 0.25) is 0 Å². The number of hydrogen-bond donors (Lipinski definition) is 1. The molecular formula is C16H16BrNO3S2. The Bertz CT molecular complexity index is 675. The zero-order chi connectivity index (χ0) is 17.0. The summed E-state index contributed by atoms with van der Waals surface area (Å²) in [6.45, 7) is 1.98. The quantitative estimate of drug-likeness (QED) is 0.556. The van der Waals surface area contributed by atoms with Gasteiger partial charge in [-0.05, 0) is 30.2 Å². The maximum absolute atomic E-state index is 12.6. The molecule has 0 bridgehead atoms. The Morgan fingerprint density at radius 1 is 1.52 bits per heavy atom. The zero-order valence-electron chi connectivity index (χ0n) is 12.5. The molecule has 1 aromatic rings. The van der Waals surface area contributed by atoms with Crippen molar-refractivity contribution >= 4 is 62.2 Å². The largest absolute Gasteiger partial charge is 0.480 e. The van der Waals surface area contributed by atoms with Crippen molar-refractivity contribution in [2.24, 2.45) is 0 Å². The second-order valence-electron chi connectivity index (χ2n) is 5.10. The van der Waals surface area contributed by atoms with E-state index in [9.17, 15) is 14.7 Å². The van der Waals surface area contributed by atoms with Crippen LogP contribution in [0.3, 0.4) is 0 Å². The fraction of sp³-hybridized carbons (Fsp3) is 0.312. The highest BCUT2D eigenvalue weighted by molar-refractivity contribution is 9.10. The van der Waals surface area contributed by atoms with Gasteiger partial charge in [0.15, 0.2) is 0 Å². The number of thiocarbonyl (C=S) groups is 1. The van der Waals surface area contributed by atoms with Gasteiger partial charge in [0, 0.05) is 4.47 Å². The first kappa shape index (κ1) is 18.2. The average Bonchev–Trinajstić information content (AvgIpc) is 2.75. The summed E-state index contributed by atoms with van der Waals surface area (Å²) in [6.07, 6.45) is 3.75. The predicted octanol–water partition coefficient (Wildman–Crippen LogP) is 4.29. The Kier molecular flexibility index (Phi) is 6.38. The van der Waals surface area contributed by atoms with Gasteiger partial charge in [-0.15, -0.1) is 0 Å². The Morgan fingerprint density at radius 2 is 2.26 bits per heavy atom. The molecular weight excluding hydrogens is 398 g/mol. The minimum atomic E-state index is -1.02. The lowest BCUT2D eigenvalue weighted by Gasteiger charge is -2.22. The molecule has 7 heteroatoms. The van der Waals surface area contributed by atoms with Crippen LogP contribution in [0.4, 0.5) is 0 Å². The van der Waals surface area contributed by atoms with E-state index in [0.29, 0.717) is 15.6 Å². The van der Waals surface area contributed by atoms with Crippen molar-refractivity contribution < 1.29 is 14.7 Å². The van der Waals surface area contributed by atoms with Gasteiger partial charge >= 0.3 is 5.97 Å². The summed E-state index contributed by atoms with van der Waals surface area (Å²) in [6, 6.07) is 6.64. The van der Waals surface area contributed by atoms with Crippen LogP contribution >= 0.6 is 39.9 Å². The van der Waals surface area contributed by atoms with E-state index in [1.165, 1.54) is 4.90 Å². The van der Waals surface area contributed by atoms with Gasteiger partial charge in [-0.2, -0.15) is 0 Å². The molecule has 1 aromatic carbocycles. The van der Waals surface area contributed by atoms with Crippen LogP contribution in [0.5, 0.6) is 0 Å². The second-order valence-corrected chi connectivity index (χ2v) is 7.69. The van der Waals surface area contributed by atoms with Crippen molar-refractivity contribution in [3.05, 3.63) is 39.2 Å². The molecule has 0 unspecified atom stereocenters. The van der Waals surface area contributed by atoms with Crippen molar-refractivity contribution in [2.45, 2.75) is 32.2 Å². The van der Waals surface area contributed by atoms with E-state index in [2.05, 4.69) is 15.9 Å². The van der Waals surface area contributed by atoms with Gasteiger partial charge in [-0.1, -0.05) is 71.8 Å². The van der Waals surface area contributed by atoms with Crippen LogP contribution < -0.4 is 0 Å². The molecule has 1 amide bonds. The number of amides is 1. The van der Waals surface area contributed by atoms with Crippen LogP contribution in [-0.2, 0) is 9.59 Å². The van der Waals surface area contributed by atoms with Gasteiger partial charge in [-0.25, -0.2) is 4.79 Å². The van der Waals surface area contributed by atoms with E-state index < -0.39 is 12.0 Å². The van der Waals surface area contributed by atoms with Crippen LogP contribution in [0.25, 0.3) is 6.08 Å². The van der Waals surface area contributed by atoms with E-state index in [-0.39, 0.29) is 5.91 Å². The summed E-state index contributed by atoms with van der Waals surface area (Å²) >= 11 is 9.78. The van der Waals surface area contributed by atoms with Crippen molar-refractivity contribution in [3.63, 3.8) is 0 Å². The first-order valence-corrected chi connectivity index (χ1v) is 9.21. The number of carboxylic acids is 1. The van der Waals surface area contributed by atoms with Crippen LogP contribution in [0.15, 0.2) is 33.6 Å². The number of nitrogens with zero attached hydrogens (tertiary/aromatic N) is 1.